The molecule has 0 atom stereocenters. The third-order valence-electron chi connectivity index (χ3n) is 4.38. The smallest absolute Gasteiger partial charge is 0.143 e. The van der Waals surface area contributed by atoms with Gasteiger partial charge in [0.25, 0.3) is 0 Å². The van der Waals surface area contributed by atoms with Crippen LogP contribution in [0, 0.1) is 0 Å². The average molecular weight is 365 g/mol. The van der Waals surface area contributed by atoms with Crippen molar-refractivity contribution in [1.29, 1.82) is 0 Å². The van der Waals surface area contributed by atoms with E-state index in [2.05, 4.69) is 0 Å². The standard InChI is InChI=1S/C22H17ClO3/c1-24-17-9-5-14(6-10-17)21-19-12-11-18(25-2)13-20(19)26-22(21)15-3-7-16(23)8-4-15/h3-13H,1-2H3. The van der Waals surface area contributed by atoms with Crippen molar-refractivity contribution in [2.24, 2.45) is 0 Å². The fraction of sp³-hybridized carbons (Fsp3) is 0.0909. The largest absolute Gasteiger partial charge is 0.497 e. The van der Waals surface area contributed by atoms with Crippen LogP contribution in [0.15, 0.2) is 71.1 Å². The van der Waals surface area contributed by atoms with Crippen LogP contribution in [0.4, 0.5) is 0 Å². The van der Waals surface area contributed by atoms with Gasteiger partial charge in [-0.3, -0.25) is 0 Å². The molecule has 0 N–H and O–H groups in total. The number of hydrogen-bond donors (Lipinski definition) is 0. The lowest BCUT2D eigenvalue weighted by atomic mass is 9.98. The fourth-order valence-corrected chi connectivity index (χ4v) is 3.18. The summed E-state index contributed by atoms with van der Waals surface area (Å²) in [5, 5.41) is 1.72. The summed E-state index contributed by atoms with van der Waals surface area (Å²) in [6.07, 6.45) is 0. The number of ether oxygens (including phenoxy) is 2. The highest BCUT2D eigenvalue weighted by atomic mass is 35.5. The zero-order valence-electron chi connectivity index (χ0n) is 14.5. The van der Waals surface area contributed by atoms with E-state index < -0.39 is 0 Å². The van der Waals surface area contributed by atoms with Crippen LogP contribution < -0.4 is 9.47 Å². The minimum atomic E-state index is 0.692. The Kier molecular flexibility index (Phi) is 4.31. The molecule has 0 aliphatic heterocycles. The molecule has 0 aliphatic rings. The Morgan fingerprint density at radius 3 is 2.00 bits per heavy atom. The molecular weight excluding hydrogens is 348 g/mol. The molecule has 4 heteroatoms. The maximum Gasteiger partial charge on any atom is 0.143 e. The summed E-state index contributed by atoms with van der Waals surface area (Å²) in [5.74, 6) is 2.38. The normalized spacial score (nSPS) is 10.9. The maximum atomic E-state index is 6.22. The predicted octanol–water partition coefficient (Wildman–Crippen LogP) is 6.44. The zero-order valence-corrected chi connectivity index (χ0v) is 15.2. The van der Waals surface area contributed by atoms with Crippen LogP contribution >= 0.6 is 11.6 Å². The monoisotopic (exact) mass is 364 g/mol. The van der Waals surface area contributed by atoms with E-state index in [1.165, 1.54) is 0 Å². The number of fused-ring (bicyclic) bond motifs is 1. The van der Waals surface area contributed by atoms with Crippen LogP contribution in [0.1, 0.15) is 0 Å². The quantitative estimate of drug-likeness (QED) is 0.417. The number of benzene rings is 3. The van der Waals surface area contributed by atoms with E-state index in [4.69, 9.17) is 25.5 Å². The van der Waals surface area contributed by atoms with Gasteiger partial charge in [0.05, 0.1) is 14.2 Å². The van der Waals surface area contributed by atoms with Crippen LogP contribution in [0.3, 0.4) is 0 Å². The summed E-state index contributed by atoms with van der Waals surface area (Å²) < 4.78 is 16.8. The molecule has 3 aromatic carbocycles. The molecule has 0 saturated heterocycles. The van der Waals surface area contributed by atoms with Crippen LogP contribution in [0.5, 0.6) is 11.5 Å². The molecule has 130 valence electrons. The van der Waals surface area contributed by atoms with Gasteiger partial charge in [0.1, 0.15) is 22.8 Å². The van der Waals surface area contributed by atoms with Crippen molar-refractivity contribution < 1.29 is 13.9 Å². The Morgan fingerprint density at radius 2 is 1.35 bits per heavy atom. The topological polar surface area (TPSA) is 31.6 Å². The van der Waals surface area contributed by atoms with Gasteiger partial charge in [0, 0.05) is 27.6 Å². The molecular formula is C22H17ClO3. The molecule has 4 aromatic rings. The first-order valence-corrected chi connectivity index (χ1v) is 8.58. The highest BCUT2D eigenvalue weighted by molar-refractivity contribution is 6.30. The molecule has 0 radical (unpaired) electrons. The van der Waals surface area contributed by atoms with E-state index in [9.17, 15) is 0 Å². The SMILES string of the molecule is COc1ccc(-c2c(-c3ccc(Cl)cc3)oc3cc(OC)ccc23)cc1. The number of rotatable bonds is 4. The molecule has 0 bridgehead atoms. The van der Waals surface area contributed by atoms with Crippen molar-refractivity contribution in [3.8, 4) is 33.9 Å². The average Bonchev–Trinajstić information content (AvgIpc) is 3.07. The molecule has 0 amide bonds. The highest BCUT2D eigenvalue weighted by Crippen LogP contribution is 2.42. The number of furan rings is 1. The lowest BCUT2D eigenvalue weighted by Crippen LogP contribution is -1.84. The highest BCUT2D eigenvalue weighted by Gasteiger charge is 2.18. The van der Waals surface area contributed by atoms with Gasteiger partial charge >= 0.3 is 0 Å². The molecule has 4 rings (SSSR count). The van der Waals surface area contributed by atoms with Crippen molar-refractivity contribution in [1.82, 2.24) is 0 Å². The maximum absolute atomic E-state index is 6.22. The predicted molar refractivity (Wildman–Crippen MR) is 105 cm³/mol. The van der Waals surface area contributed by atoms with Crippen LogP contribution in [0.25, 0.3) is 33.4 Å². The van der Waals surface area contributed by atoms with E-state index in [0.29, 0.717) is 5.02 Å². The molecule has 0 aliphatic carbocycles. The molecule has 0 fully saturated rings. The van der Waals surface area contributed by atoms with Gasteiger partial charge in [-0.05, 0) is 54.1 Å². The van der Waals surface area contributed by atoms with Gasteiger partial charge in [-0.25, -0.2) is 0 Å². The molecule has 0 spiro atoms. The van der Waals surface area contributed by atoms with Crippen LogP contribution in [-0.2, 0) is 0 Å². The third kappa shape index (κ3) is 2.91. The van der Waals surface area contributed by atoms with Gasteiger partial charge in [-0.1, -0.05) is 23.7 Å². The van der Waals surface area contributed by atoms with E-state index >= 15 is 0 Å². The van der Waals surface area contributed by atoms with Gasteiger partial charge < -0.3 is 13.9 Å². The number of halogens is 1. The summed E-state index contributed by atoms with van der Waals surface area (Å²) in [4.78, 5) is 0. The van der Waals surface area contributed by atoms with Crippen LogP contribution in [-0.4, -0.2) is 14.2 Å². The molecule has 0 unspecified atom stereocenters. The Labute approximate surface area is 156 Å². The van der Waals surface area contributed by atoms with Crippen LogP contribution in [0.2, 0.25) is 5.02 Å². The van der Waals surface area contributed by atoms with Crippen molar-refractivity contribution in [3.05, 3.63) is 71.8 Å². The molecule has 3 nitrogen and oxygen atoms in total. The van der Waals surface area contributed by atoms with Gasteiger partial charge in [0.15, 0.2) is 0 Å². The fourth-order valence-electron chi connectivity index (χ4n) is 3.05. The first kappa shape index (κ1) is 16.6. The second-order valence-corrected chi connectivity index (χ2v) is 6.34. The van der Waals surface area contributed by atoms with Crippen molar-refractivity contribution in [2.75, 3.05) is 14.2 Å². The van der Waals surface area contributed by atoms with E-state index in [1.54, 1.807) is 14.2 Å². The first-order chi connectivity index (χ1) is 12.7. The Morgan fingerprint density at radius 1 is 0.731 bits per heavy atom. The third-order valence-corrected chi connectivity index (χ3v) is 4.63. The second kappa shape index (κ2) is 6.77. The minimum Gasteiger partial charge on any atom is -0.497 e. The van der Waals surface area contributed by atoms with Crippen molar-refractivity contribution in [2.45, 2.75) is 0 Å². The number of hydrogen-bond acceptors (Lipinski definition) is 3. The number of methoxy groups -OCH3 is 2. The summed E-state index contributed by atoms with van der Waals surface area (Å²) in [5.41, 5.74) is 3.84. The lowest BCUT2D eigenvalue weighted by Gasteiger charge is -2.06. The van der Waals surface area contributed by atoms with Gasteiger partial charge in [-0.2, -0.15) is 0 Å². The second-order valence-electron chi connectivity index (χ2n) is 5.90. The summed E-state index contributed by atoms with van der Waals surface area (Å²) >= 11 is 6.05. The Bertz CT molecular complexity index is 1050. The minimum absolute atomic E-state index is 0.692. The first-order valence-electron chi connectivity index (χ1n) is 8.20. The molecule has 26 heavy (non-hydrogen) atoms. The van der Waals surface area contributed by atoms with E-state index in [1.807, 2.05) is 66.7 Å². The van der Waals surface area contributed by atoms with E-state index in [-0.39, 0.29) is 0 Å². The van der Waals surface area contributed by atoms with Crippen molar-refractivity contribution >= 4 is 22.6 Å². The lowest BCUT2D eigenvalue weighted by molar-refractivity contribution is 0.414. The molecule has 1 aromatic heterocycles. The van der Waals surface area contributed by atoms with E-state index in [0.717, 1.165) is 44.9 Å². The summed E-state index contributed by atoms with van der Waals surface area (Å²) in [7, 11) is 3.31. The zero-order chi connectivity index (χ0) is 18.1. The Hall–Kier alpha value is -2.91. The Balaban J connectivity index is 1.97. The molecule has 1 heterocycles. The summed E-state index contributed by atoms with van der Waals surface area (Å²) in [6.45, 7) is 0. The van der Waals surface area contributed by atoms with Gasteiger partial charge in [-0.15, -0.1) is 0 Å². The van der Waals surface area contributed by atoms with Gasteiger partial charge in [0.2, 0.25) is 0 Å². The molecule has 0 saturated carbocycles. The summed E-state index contributed by atoms with van der Waals surface area (Å²) in [6, 6.07) is 21.5. The van der Waals surface area contributed by atoms with Crippen molar-refractivity contribution in [3.63, 3.8) is 0 Å².